The van der Waals surface area contributed by atoms with E-state index in [0.29, 0.717) is 11.7 Å². The number of carboxylic acid groups (broad SMARTS) is 1. The lowest BCUT2D eigenvalue weighted by Crippen LogP contribution is -2.09. The first kappa shape index (κ1) is 14.5. The van der Waals surface area contributed by atoms with Crippen LogP contribution < -0.4 is 0 Å². The molecule has 0 unspecified atom stereocenters. The molecule has 0 aromatic carbocycles. The van der Waals surface area contributed by atoms with Gasteiger partial charge in [0.25, 0.3) is 0 Å². The number of aromatic carboxylic acids is 1. The molecule has 0 saturated heterocycles. The third-order valence-electron chi connectivity index (χ3n) is 2.55. The number of pyridine rings is 1. The van der Waals surface area contributed by atoms with Crippen LogP contribution in [0.15, 0.2) is 29.6 Å². The molecule has 2 heterocycles. The van der Waals surface area contributed by atoms with Crippen molar-refractivity contribution in [2.45, 2.75) is 31.0 Å². The lowest BCUT2D eigenvalue weighted by molar-refractivity contribution is 0.0690. The molecule has 0 bridgehead atoms. The van der Waals surface area contributed by atoms with E-state index in [1.54, 1.807) is 18.5 Å². The van der Waals surface area contributed by atoms with Gasteiger partial charge in [0.15, 0.2) is 0 Å². The first-order chi connectivity index (χ1) is 9.56. The predicted octanol–water partition coefficient (Wildman–Crippen LogP) is 2.32. The van der Waals surface area contributed by atoms with Crippen molar-refractivity contribution < 1.29 is 9.90 Å². The van der Waals surface area contributed by atoms with Gasteiger partial charge in [-0.1, -0.05) is 13.8 Å². The van der Waals surface area contributed by atoms with Crippen LogP contribution in [0.3, 0.4) is 0 Å². The molecule has 0 amide bonds. The van der Waals surface area contributed by atoms with Crippen molar-refractivity contribution >= 4 is 17.7 Å². The predicted molar refractivity (Wildman–Crippen MR) is 75.6 cm³/mol. The van der Waals surface area contributed by atoms with E-state index in [1.807, 2.05) is 4.68 Å². The monoisotopic (exact) mass is 292 g/mol. The van der Waals surface area contributed by atoms with Crippen molar-refractivity contribution in [3.05, 3.63) is 36.2 Å². The molecule has 2 rings (SSSR count). The van der Waals surface area contributed by atoms with Gasteiger partial charge in [0, 0.05) is 17.6 Å². The Morgan fingerprint density at radius 3 is 2.95 bits per heavy atom. The molecule has 0 aliphatic rings. The summed E-state index contributed by atoms with van der Waals surface area (Å²) in [5.74, 6) is 1.02. The molecule has 0 spiro atoms. The largest absolute Gasteiger partial charge is 0.477 e. The average molecular weight is 292 g/mol. The Balaban J connectivity index is 2.03. The molecule has 20 heavy (non-hydrogen) atoms. The van der Waals surface area contributed by atoms with Gasteiger partial charge >= 0.3 is 5.97 Å². The lowest BCUT2D eigenvalue weighted by atomic mass is 10.2. The minimum atomic E-state index is -1.02. The van der Waals surface area contributed by atoms with Gasteiger partial charge in [-0.05, 0) is 18.1 Å². The molecule has 0 aliphatic carbocycles. The number of carboxylic acids is 1. The van der Waals surface area contributed by atoms with Crippen LogP contribution in [0.2, 0.25) is 0 Å². The van der Waals surface area contributed by atoms with Gasteiger partial charge in [-0.25, -0.2) is 19.4 Å². The molecule has 0 radical (unpaired) electrons. The maximum absolute atomic E-state index is 10.9. The van der Waals surface area contributed by atoms with Gasteiger partial charge in [0.05, 0.1) is 5.75 Å². The Kier molecular flexibility index (Phi) is 4.73. The zero-order chi connectivity index (χ0) is 14.5. The molecular weight excluding hydrogens is 276 g/mol. The summed E-state index contributed by atoms with van der Waals surface area (Å²) >= 11 is 1.52. The second-order valence-electron chi connectivity index (χ2n) is 4.72. The Bertz CT molecular complexity index is 598. The zero-order valence-corrected chi connectivity index (χ0v) is 12.2. The molecular formula is C13H16N4O2S. The topological polar surface area (TPSA) is 80.9 Å². The van der Waals surface area contributed by atoms with Crippen molar-refractivity contribution in [1.82, 2.24) is 19.7 Å². The normalized spacial score (nSPS) is 10.9. The van der Waals surface area contributed by atoms with Crippen molar-refractivity contribution in [3.8, 4) is 0 Å². The molecule has 0 atom stereocenters. The van der Waals surface area contributed by atoms with Gasteiger partial charge in [0.2, 0.25) is 0 Å². The van der Waals surface area contributed by atoms with Gasteiger partial charge in [0.1, 0.15) is 17.8 Å². The molecule has 106 valence electrons. The summed E-state index contributed by atoms with van der Waals surface area (Å²) in [6.07, 6.45) is 3.05. The second-order valence-corrected chi connectivity index (χ2v) is 5.77. The van der Waals surface area contributed by atoms with E-state index in [1.165, 1.54) is 18.0 Å². The fourth-order valence-corrected chi connectivity index (χ4v) is 2.54. The Hall–Kier alpha value is -1.89. The Labute approximate surface area is 121 Å². The molecule has 2 aromatic heterocycles. The molecule has 0 fully saturated rings. The van der Waals surface area contributed by atoms with Crippen LogP contribution in [0.1, 0.15) is 30.2 Å². The minimum Gasteiger partial charge on any atom is -0.477 e. The Morgan fingerprint density at radius 2 is 2.25 bits per heavy atom. The van der Waals surface area contributed by atoms with Crippen LogP contribution >= 0.6 is 11.8 Å². The maximum Gasteiger partial charge on any atom is 0.354 e. The van der Waals surface area contributed by atoms with Crippen LogP contribution in [-0.2, 0) is 12.3 Å². The van der Waals surface area contributed by atoms with Crippen LogP contribution in [0.25, 0.3) is 0 Å². The van der Waals surface area contributed by atoms with Gasteiger partial charge in [-0.15, -0.1) is 11.8 Å². The summed E-state index contributed by atoms with van der Waals surface area (Å²) in [4.78, 5) is 19.8. The van der Waals surface area contributed by atoms with Gasteiger partial charge in [-0.2, -0.15) is 5.10 Å². The van der Waals surface area contributed by atoms with Gasteiger partial charge in [-0.3, -0.25) is 0 Å². The summed E-state index contributed by atoms with van der Waals surface area (Å²) in [6, 6.07) is 3.36. The number of carbonyl (C=O) groups is 1. The first-order valence-corrected chi connectivity index (χ1v) is 7.23. The smallest absolute Gasteiger partial charge is 0.354 e. The second kappa shape index (κ2) is 6.51. The maximum atomic E-state index is 10.9. The number of hydrogen-bond donors (Lipinski definition) is 1. The molecule has 7 heteroatoms. The van der Waals surface area contributed by atoms with Crippen LogP contribution in [0.5, 0.6) is 0 Å². The summed E-state index contributed by atoms with van der Waals surface area (Å²) in [7, 11) is 0. The van der Waals surface area contributed by atoms with E-state index in [0.717, 1.165) is 17.3 Å². The number of aromatic nitrogens is 4. The highest BCUT2D eigenvalue weighted by Crippen LogP contribution is 2.22. The Morgan fingerprint density at radius 1 is 1.45 bits per heavy atom. The fourth-order valence-electron chi connectivity index (χ4n) is 1.66. The first-order valence-electron chi connectivity index (χ1n) is 6.25. The average Bonchev–Trinajstić information content (AvgIpc) is 2.83. The van der Waals surface area contributed by atoms with E-state index in [4.69, 9.17) is 5.11 Å². The van der Waals surface area contributed by atoms with Crippen molar-refractivity contribution in [1.29, 1.82) is 0 Å². The van der Waals surface area contributed by atoms with Crippen molar-refractivity contribution in [2.24, 2.45) is 5.92 Å². The van der Waals surface area contributed by atoms with Crippen molar-refractivity contribution in [3.63, 3.8) is 0 Å². The van der Waals surface area contributed by atoms with Crippen molar-refractivity contribution in [2.75, 3.05) is 0 Å². The highest BCUT2D eigenvalue weighted by atomic mass is 32.2. The standard InChI is InChI=1S/C13H16N4O2S/c1-9(2)6-17-12(15-8-16-17)7-20-10-3-4-14-11(5-10)13(18)19/h3-5,8-9H,6-7H2,1-2H3,(H,18,19). The van der Waals surface area contributed by atoms with Crippen LogP contribution in [-0.4, -0.2) is 30.8 Å². The quantitative estimate of drug-likeness (QED) is 0.823. The highest BCUT2D eigenvalue weighted by Gasteiger charge is 2.09. The van der Waals surface area contributed by atoms with E-state index < -0.39 is 5.97 Å². The third kappa shape index (κ3) is 3.80. The number of nitrogens with zero attached hydrogens (tertiary/aromatic N) is 4. The SMILES string of the molecule is CC(C)Cn1ncnc1CSc1ccnc(C(=O)O)c1. The summed E-state index contributed by atoms with van der Waals surface area (Å²) < 4.78 is 1.89. The summed E-state index contributed by atoms with van der Waals surface area (Å²) in [5.41, 5.74) is 0.0543. The van der Waals surface area contributed by atoms with Crippen LogP contribution in [0, 0.1) is 5.92 Å². The fraction of sp³-hybridized carbons (Fsp3) is 0.385. The summed E-state index contributed by atoms with van der Waals surface area (Å²) in [6.45, 7) is 5.08. The van der Waals surface area contributed by atoms with E-state index in [-0.39, 0.29) is 5.69 Å². The number of rotatable bonds is 6. The molecule has 6 nitrogen and oxygen atoms in total. The number of thioether (sulfide) groups is 1. The van der Waals surface area contributed by atoms with E-state index >= 15 is 0 Å². The van der Waals surface area contributed by atoms with E-state index in [9.17, 15) is 4.79 Å². The zero-order valence-electron chi connectivity index (χ0n) is 11.4. The molecule has 1 N–H and O–H groups in total. The summed E-state index contributed by atoms with van der Waals surface area (Å²) in [5, 5.41) is 13.1. The number of hydrogen-bond acceptors (Lipinski definition) is 5. The van der Waals surface area contributed by atoms with E-state index in [2.05, 4.69) is 28.9 Å². The minimum absolute atomic E-state index is 0.0543. The molecule has 0 aliphatic heterocycles. The lowest BCUT2D eigenvalue weighted by Gasteiger charge is -2.08. The van der Waals surface area contributed by atoms with Crippen LogP contribution in [0.4, 0.5) is 0 Å². The molecule has 0 saturated carbocycles. The highest BCUT2D eigenvalue weighted by molar-refractivity contribution is 7.98. The third-order valence-corrected chi connectivity index (χ3v) is 3.54. The molecule has 2 aromatic rings. The van der Waals surface area contributed by atoms with Gasteiger partial charge < -0.3 is 5.11 Å².